The van der Waals surface area contributed by atoms with Gasteiger partial charge in [-0.3, -0.25) is 0 Å². The first kappa shape index (κ1) is 11.6. The first-order valence-corrected chi connectivity index (χ1v) is 5.48. The van der Waals surface area contributed by atoms with E-state index in [2.05, 4.69) is 6.58 Å². The SMILES string of the molecule is C=Cc1cccc(C(C)Cl)c1C(C)Cl. The van der Waals surface area contributed by atoms with Crippen LogP contribution in [0.4, 0.5) is 0 Å². The minimum absolute atomic E-state index is 0.0221. The maximum atomic E-state index is 6.13. The standard InChI is InChI=1S/C12H14Cl2/c1-4-10-6-5-7-11(8(2)13)12(10)9(3)14/h4-9H,1H2,2-3H3. The summed E-state index contributed by atoms with van der Waals surface area (Å²) in [5, 5.41) is -0.0634. The normalized spacial score (nSPS) is 14.9. The average molecular weight is 229 g/mol. The molecule has 0 aliphatic carbocycles. The van der Waals surface area contributed by atoms with Crippen molar-refractivity contribution in [3.8, 4) is 0 Å². The van der Waals surface area contributed by atoms with Gasteiger partial charge < -0.3 is 0 Å². The zero-order valence-corrected chi connectivity index (χ0v) is 9.94. The summed E-state index contributed by atoms with van der Waals surface area (Å²) in [5.74, 6) is 0. The summed E-state index contributed by atoms with van der Waals surface area (Å²) in [5.41, 5.74) is 3.25. The Kier molecular flexibility index (Phi) is 4.03. The summed E-state index contributed by atoms with van der Waals surface area (Å²) >= 11 is 12.2. The lowest BCUT2D eigenvalue weighted by atomic mass is 9.97. The van der Waals surface area contributed by atoms with E-state index in [1.54, 1.807) is 0 Å². The summed E-state index contributed by atoms with van der Waals surface area (Å²) in [4.78, 5) is 0. The molecule has 0 heterocycles. The summed E-state index contributed by atoms with van der Waals surface area (Å²) < 4.78 is 0. The summed E-state index contributed by atoms with van der Waals surface area (Å²) in [7, 11) is 0. The molecule has 0 radical (unpaired) electrons. The van der Waals surface area contributed by atoms with Gasteiger partial charge in [0.15, 0.2) is 0 Å². The van der Waals surface area contributed by atoms with Crippen LogP contribution in [0.25, 0.3) is 6.08 Å². The van der Waals surface area contributed by atoms with E-state index in [4.69, 9.17) is 23.2 Å². The fraction of sp³-hybridized carbons (Fsp3) is 0.333. The molecule has 2 atom stereocenters. The van der Waals surface area contributed by atoms with Gasteiger partial charge in [0.05, 0.1) is 10.8 Å². The predicted molar refractivity (Wildman–Crippen MR) is 65.1 cm³/mol. The zero-order valence-electron chi connectivity index (χ0n) is 8.43. The number of halogens is 2. The van der Waals surface area contributed by atoms with Gasteiger partial charge in [-0.2, -0.15) is 0 Å². The minimum Gasteiger partial charge on any atom is -0.118 e. The molecule has 0 saturated heterocycles. The number of hydrogen-bond acceptors (Lipinski definition) is 0. The summed E-state index contributed by atoms with van der Waals surface area (Å²) in [6, 6.07) is 6.00. The Labute approximate surface area is 95.5 Å². The van der Waals surface area contributed by atoms with Crippen molar-refractivity contribution in [1.82, 2.24) is 0 Å². The van der Waals surface area contributed by atoms with E-state index in [0.717, 1.165) is 16.7 Å². The number of rotatable bonds is 3. The van der Waals surface area contributed by atoms with Crippen LogP contribution in [0.1, 0.15) is 41.3 Å². The molecule has 0 saturated carbocycles. The third-order valence-electron chi connectivity index (χ3n) is 2.22. The Morgan fingerprint density at radius 3 is 2.29 bits per heavy atom. The largest absolute Gasteiger partial charge is 0.118 e. The second-order valence-electron chi connectivity index (χ2n) is 3.29. The topological polar surface area (TPSA) is 0 Å². The second-order valence-corrected chi connectivity index (χ2v) is 4.60. The van der Waals surface area contributed by atoms with Gasteiger partial charge >= 0.3 is 0 Å². The van der Waals surface area contributed by atoms with Gasteiger partial charge in [-0.05, 0) is 30.5 Å². The summed E-state index contributed by atoms with van der Waals surface area (Å²) in [6.07, 6.45) is 1.82. The van der Waals surface area contributed by atoms with Crippen molar-refractivity contribution in [2.75, 3.05) is 0 Å². The van der Waals surface area contributed by atoms with Crippen LogP contribution < -0.4 is 0 Å². The molecular formula is C12H14Cl2. The number of benzene rings is 1. The Morgan fingerprint density at radius 2 is 1.86 bits per heavy atom. The highest BCUT2D eigenvalue weighted by molar-refractivity contribution is 6.22. The Hall–Kier alpha value is -0.460. The molecule has 0 nitrogen and oxygen atoms in total. The van der Waals surface area contributed by atoms with Gasteiger partial charge in [0, 0.05) is 0 Å². The van der Waals surface area contributed by atoms with Crippen molar-refractivity contribution < 1.29 is 0 Å². The lowest BCUT2D eigenvalue weighted by Gasteiger charge is -2.16. The Bertz CT molecular complexity index is 327. The maximum Gasteiger partial charge on any atom is 0.0566 e. The highest BCUT2D eigenvalue weighted by atomic mass is 35.5. The van der Waals surface area contributed by atoms with Gasteiger partial charge in [-0.15, -0.1) is 23.2 Å². The quantitative estimate of drug-likeness (QED) is 0.644. The first-order valence-electron chi connectivity index (χ1n) is 4.61. The van der Waals surface area contributed by atoms with Crippen LogP contribution in [0.3, 0.4) is 0 Å². The lowest BCUT2D eigenvalue weighted by molar-refractivity contribution is 0.982. The molecule has 1 rings (SSSR count). The number of alkyl halides is 2. The van der Waals surface area contributed by atoms with E-state index < -0.39 is 0 Å². The molecule has 0 aromatic heterocycles. The Morgan fingerprint density at radius 1 is 1.21 bits per heavy atom. The van der Waals surface area contributed by atoms with Gasteiger partial charge in [-0.25, -0.2) is 0 Å². The van der Waals surface area contributed by atoms with Crippen molar-refractivity contribution in [1.29, 1.82) is 0 Å². The molecule has 0 fully saturated rings. The van der Waals surface area contributed by atoms with Crippen molar-refractivity contribution in [2.45, 2.75) is 24.6 Å². The van der Waals surface area contributed by atoms with E-state index in [-0.39, 0.29) is 10.8 Å². The maximum absolute atomic E-state index is 6.13. The van der Waals surface area contributed by atoms with Crippen LogP contribution in [-0.4, -0.2) is 0 Å². The molecule has 14 heavy (non-hydrogen) atoms. The van der Waals surface area contributed by atoms with Gasteiger partial charge in [0.1, 0.15) is 0 Å². The molecule has 0 aliphatic rings. The monoisotopic (exact) mass is 228 g/mol. The van der Waals surface area contributed by atoms with Crippen LogP contribution in [0.15, 0.2) is 24.8 Å². The molecule has 0 bridgehead atoms. The van der Waals surface area contributed by atoms with E-state index >= 15 is 0 Å². The third kappa shape index (κ3) is 2.31. The van der Waals surface area contributed by atoms with Gasteiger partial charge in [0.2, 0.25) is 0 Å². The smallest absolute Gasteiger partial charge is 0.0566 e. The first-order chi connectivity index (χ1) is 6.57. The minimum atomic E-state index is -0.0413. The molecule has 76 valence electrons. The van der Waals surface area contributed by atoms with Crippen molar-refractivity contribution >= 4 is 29.3 Å². The molecule has 1 aromatic rings. The lowest BCUT2D eigenvalue weighted by Crippen LogP contribution is -1.98. The van der Waals surface area contributed by atoms with E-state index in [0.29, 0.717) is 0 Å². The third-order valence-corrected chi connectivity index (χ3v) is 2.67. The van der Waals surface area contributed by atoms with Crippen LogP contribution in [-0.2, 0) is 0 Å². The van der Waals surface area contributed by atoms with Crippen LogP contribution in [0, 0.1) is 0 Å². The molecule has 2 heteroatoms. The van der Waals surface area contributed by atoms with Gasteiger partial charge in [-0.1, -0.05) is 30.9 Å². The number of hydrogen-bond donors (Lipinski definition) is 0. The molecule has 0 N–H and O–H groups in total. The average Bonchev–Trinajstić information content (AvgIpc) is 2.16. The van der Waals surface area contributed by atoms with Gasteiger partial charge in [0.25, 0.3) is 0 Å². The van der Waals surface area contributed by atoms with E-state index in [1.807, 2.05) is 38.1 Å². The predicted octanol–water partition coefficient (Wildman–Crippen LogP) is 4.93. The molecular weight excluding hydrogens is 215 g/mol. The second kappa shape index (κ2) is 4.86. The molecule has 1 aromatic carbocycles. The zero-order chi connectivity index (χ0) is 10.7. The van der Waals surface area contributed by atoms with Crippen molar-refractivity contribution in [3.63, 3.8) is 0 Å². The van der Waals surface area contributed by atoms with E-state index in [1.165, 1.54) is 0 Å². The highest BCUT2D eigenvalue weighted by Crippen LogP contribution is 2.33. The fourth-order valence-corrected chi connectivity index (χ4v) is 2.03. The fourth-order valence-electron chi connectivity index (χ4n) is 1.59. The molecule has 0 aliphatic heterocycles. The molecule has 0 spiro atoms. The van der Waals surface area contributed by atoms with Crippen LogP contribution in [0.5, 0.6) is 0 Å². The molecule has 0 amide bonds. The van der Waals surface area contributed by atoms with E-state index in [9.17, 15) is 0 Å². The Balaban J connectivity index is 3.35. The molecule has 2 unspecified atom stereocenters. The van der Waals surface area contributed by atoms with Crippen molar-refractivity contribution in [3.05, 3.63) is 41.5 Å². The van der Waals surface area contributed by atoms with Crippen LogP contribution in [0.2, 0.25) is 0 Å². The van der Waals surface area contributed by atoms with Crippen LogP contribution >= 0.6 is 23.2 Å². The summed E-state index contributed by atoms with van der Waals surface area (Å²) in [6.45, 7) is 7.67. The highest BCUT2D eigenvalue weighted by Gasteiger charge is 2.14. The van der Waals surface area contributed by atoms with Crippen molar-refractivity contribution in [2.24, 2.45) is 0 Å².